The van der Waals surface area contributed by atoms with Gasteiger partial charge in [-0.05, 0) is 42.8 Å². The summed E-state index contributed by atoms with van der Waals surface area (Å²) in [4.78, 5) is 41.0. The van der Waals surface area contributed by atoms with E-state index in [4.69, 9.17) is 17.3 Å². The van der Waals surface area contributed by atoms with Crippen molar-refractivity contribution in [2.24, 2.45) is 5.73 Å². The molecule has 42 heavy (non-hydrogen) atoms. The lowest BCUT2D eigenvalue weighted by molar-refractivity contribution is -0.127. The SMILES string of the molecule is NC(=O)n1cc(N2CCN3CCC(C(=O)NCc4cccc(Cl)c4F)N3C2=O)c2ccc(C#Cc3ccccc3)cc21. The van der Waals surface area contributed by atoms with Gasteiger partial charge in [-0.2, -0.15) is 0 Å². The van der Waals surface area contributed by atoms with Crippen LogP contribution in [0.4, 0.5) is 19.7 Å². The number of rotatable bonds is 4. The fourth-order valence-corrected chi connectivity index (χ4v) is 5.60. The summed E-state index contributed by atoms with van der Waals surface area (Å²) in [5.41, 5.74) is 8.51. The normalized spacial score (nSPS) is 16.7. The maximum absolute atomic E-state index is 14.3. The van der Waals surface area contributed by atoms with Gasteiger partial charge >= 0.3 is 12.1 Å². The van der Waals surface area contributed by atoms with E-state index in [1.165, 1.54) is 15.6 Å². The van der Waals surface area contributed by atoms with Gasteiger partial charge in [0.1, 0.15) is 11.9 Å². The molecule has 0 aliphatic carbocycles. The molecule has 2 aliphatic rings. The summed E-state index contributed by atoms with van der Waals surface area (Å²) < 4.78 is 15.6. The second-order valence-corrected chi connectivity index (χ2v) is 10.4. The summed E-state index contributed by atoms with van der Waals surface area (Å²) >= 11 is 5.86. The number of hydrogen-bond donors (Lipinski definition) is 2. The molecule has 0 spiro atoms. The minimum absolute atomic E-state index is 0.0267. The molecule has 11 heteroatoms. The first-order valence-electron chi connectivity index (χ1n) is 13.4. The number of aromatic nitrogens is 1. The van der Waals surface area contributed by atoms with Gasteiger partial charge in [0, 0.05) is 54.5 Å². The van der Waals surface area contributed by atoms with Gasteiger partial charge < -0.3 is 11.1 Å². The molecule has 4 aromatic rings. The Labute approximate surface area is 246 Å². The van der Waals surface area contributed by atoms with Gasteiger partial charge in [0.25, 0.3) is 0 Å². The summed E-state index contributed by atoms with van der Waals surface area (Å²) in [7, 11) is 0. The van der Waals surface area contributed by atoms with Gasteiger partial charge in [-0.3, -0.25) is 14.3 Å². The number of primary amides is 1. The zero-order chi connectivity index (χ0) is 29.4. The molecule has 2 saturated heterocycles. The average Bonchev–Trinajstić information content (AvgIpc) is 3.60. The van der Waals surface area contributed by atoms with Crippen molar-refractivity contribution in [1.82, 2.24) is 19.9 Å². The number of nitrogens with zero attached hydrogens (tertiary/aromatic N) is 4. The summed E-state index contributed by atoms with van der Waals surface area (Å²) in [6.45, 7) is 1.30. The molecule has 3 aromatic carbocycles. The van der Waals surface area contributed by atoms with E-state index >= 15 is 0 Å². The number of benzene rings is 3. The van der Waals surface area contributed by atoms with E-state index in [1.807, 2.05) is 47.5 Å². The molecule has 4 amide bonds. The molecular weight excluding hydrogens is 559 g/mol. The number of carbonyl (C=O) groups excluding carboxylic acids is 3. The summed E-state index contributed by atoms with van der Waals surface area (Å²) in [5, 5.41) is 6.65. The third-order valence-electron chi connectivity index (χ3n) is 7.49. The number of nitrogens with one attached hydrogen (secondary N) is 1. The van der Waals surface area contributed by atoms with E-state index in [9.17, 15) is 18.8 Å². The first kappa shape index (κ1) is 27.3. The van der Waals surface area contributed by atoms with Gasteiger partial charge in [0.05, 0.1) is 16.2 Å². The molecule has 1 atom stereocenters. The molecular formula is C31H26ClFN6O3. The quantitative estimate of drug-likeness (QED) is 0.349. The maximum Gasteiger partial charge on any atom is 0.339 e. The minimum atomic E-state index is -0.771. The van der Waals surface area contributed by atoms with Crippen molar-refractivity contribution in [1.29, 1.82) is 0 Å². The van der Waals surface area contributed by atoms with Crippen molar-refractivity contribution >= 4 is 46.2 Å². The van der Waals surface area contributed by atoms with Gasteiger partial charge in [-0.15, -0.1) is 0 Å². The Kier molecular flexibility index (Phi) is 7.29. The number of anilines is 1. The largest absolute Gasteiger partial charge is 0.351 e. The van der Waals surface area contributed by atoms with Crippen LogP contribution in [0.2, 0.25) is 5.02 Å². The molecule has 1 unspecified atom stereocenters. The van der Waals surface area contributed by atoms with Crippen LogP contribution in [0.5, 0.6) is 0 Å². The standard InChI is InChI=1S/C31H26ClFN6O3/c32-24-8-4-7-22(28(24)33)18-35-29(40)25-13-14-36-15-16-37(31(42)39(25)36)27-19-38(30(34)41)26-17-21(11-12-23(26)27)10-9-20-5-2-1-3-6-20/h1-8,11-12,17,19,25H,13-16,18H2,(H2,34,41)(H,35,40). The van der Waals surface area contributed by atoms with Crippen LogP contribution < -0.4 is 16.0 Å². The molecule has 0 bridgehead atoms. The van der Waals surface area contributed by atoms with Gasteiger partial charge in [0.2, 0.25) is 5.91 Å². The number of amides is 4. The van der Waals surface area contributed by atoms with E-state index in [1.54, 1.807) is 29.3 Å². The summed E-state index contributed by atoms with van der Waals surface area (Å²) in [6, 6.07) is 17.7. The lowest BCUT2D eigenvalue weighted by Gasteiger charge is -2.41. The molecule has 1 aromatic heterocycles. The first-order chi connectivity index (χ1) is 20.3. The average molecular weight is 585 g/mol. The monoisotopic (exact) mass is 584 g/mol. The fourth-order valence-electron chi connectivity index (χ4n) is 5.41. The van der Waals surface area contributed by atoms with Gasteiger partial charge in [-0.25, -0.2) is 24.0 Å². The van der Waals surface area contributed by atoms with Crippen LogP contribution in [0.15, 0.2) is 72.9 Å². The molecule has 212 valence electrons. The lowest BCUT2D eigenvalue weighted by Crippen LogP contribution is -2.61. The van der Waals surface area contributed by atoms with Crippen molar-refractivity contribution in [3.63, 3.8) is 0 Å². The highest BCUT2D eigenvalue weighted by atomic mass is 35.5. The van der Waals surface area contributed by atoms with Crippen LogP contribution >= 0.6 is 11.6 Å². The highest BCUT2D eigenvalue weighted by Crippen LogP contribution is 2.34. The number of hydrogen-bond acceptors (Lipinski definition) is 4. The summed E-state index contributed by atoms with van der Waals surface area (Å²) in [6.07, 6.45) is 1.97. The molecule has 2 aliphatic heterocycles. The zero-order valence-electron chi connectivity index (χ0n) is 22.4. The Hall–Kier alpha value is -4.85. The Morgan fingerprint density at radius 3 is 2.57 bits per heavy atom. The van der Waals surface area contributed by atoms with E-state index in [0.717, 1.165) is 5.56 Å². The Morgan fingerprint density at radius 2 is 1.79 bits per heavy atom. The summed E-state index contributed by atoms with van der Waals surface area (Å²) in [5.74, 6) is 5.23. The molecule has 3 heterocycles. The number of urea groups is 1. The second-order valence-electron chi connectivity index (χ2n) is 10.0. The topological polar surface area (TPSA) is 104 Å². The van der Waals surface area contributed by atoms with Gasteiger partial charge in [-0.1, -0.05) is 53.8 Å². The van der Waals surface area contributed by atoms with Crippen LogP contribution in [-0.2, 0) is 11.3 Å². The molecule has 9 nitrogen and oxygen atoms in total. The van der Waals surface area contributed by atoms with Crippen molar-refractivity contribution in [2.45, 2.75) is 19.0 Å². The third-order valence-corrected chi connectivity index (χ3v) is 7.79. The molecule has 0 radical (unpaired) electrons. The highest BCUT2D eigenvalue weighted by Gasteiger charge is 2.45. The fraction of sp³-hybridized carbons (Fsp3) is 0.194. The van der Waals surface area contributed by atoms with Crippen LogP contribution in [0.3, 0.4) is 0 Å². The second kappa shape index (κ2) is 11.2. The predicted molar refractivity (Wildman–Crippen MR) is 157 cm³/mol. The molecule has 3 N–H and O–H groups in total. The van der Waals surface area contributed by atoms with Crippen molar-refractivity contribution in [3.05, 3.63) is 100 Å². The smallest absolute Gasteiger partial charge is 0.339 e. The Bertz CT molecular complexity index is 1780. The Balaban J connectivity index is 1.26. The van der Waals surface area contributed by atoms with Crippen molar-refractivity contribution < 1.29 is 18.8 Å². The molecule has 0 saturated carbocycles. The highest BCUT2D eigenvalue weighted by molar-refractivity contribution is 6.30. The molecule has 6 rings (SSSR count). The van der Waals surface area contributed by atoms with Crippen molar-refractivity contribution in [2.75, 3.05) is 24.5 Å². The Morgan fingerprint density at radius 1 is 1.00 bits per heavy atom. The predicted octanol–water partition coefficient (Wildman–Crippen LogP) is 4.31. The molecule has 2 fully saturated rings. The van der Waals surface area contributed by atoms with E-state index in [2.05, 4.69) is 17.2 Å². The van der Waals surface area contributed by atoms with Crippen LogP contribution in [0.25, 0.3) is 10.9 Å². The third kappa shape index (κ3) is 5.04. The lowest BCUT2D eigenvalue weighted by atomic mass is 10.1. The van der Waals surface area contributed by atoms with E-state index in [0.29, 0.717) is 48.2 Å². The first-order valence-corrected chi connectivity index (χ1v) is 13.8. The van der Waals surface area contributed by atoms with Crippen LogP contribution in [0.1, 0.15) is 23.1 Å². The zero-order valence-corrected chi connectivity index (χ0v) is 23.1. The van der Waals surface area contributed by atoms with Crippen LogP contribution in [-0.4, -0.2) is 58.2 Å². The van der Waals surface area contributed by atoms with E-state index < -0.39 is 29.8 Å². The van der Waals surface area contributed by atoms with Gasteiger partial charge in [0.15, 0.2) is 0 Å². The van der Waals surface area contributed by atoms with Crippen molar-refractivity contribution in [3.8, 4) is 11.8 Å². The minimum Gasteiger partial charge on any atom is -0.351 e. The number of halogens is 2. The number of fused-ring (bicyclic) bond motifs is 2. The van der Waals surface area contributed by atoms with E-state index in [-0.39, 0.29) is 17.1 Å². The number of nitrogens with two attached hydrogens (primary N) is 1. The number of hydrazine groups is 1. The number of carbonyl (C=O) groups is 3. The maximum atomic E-state index is 14.3. The van der Waals surface area contributed by atoms with Crippen LogP contribution in [0, 0.1) is 17.7 Å².